The van der Waals surface area contributed by atoms with Crippen molar-refractivity contribution in [3.63, 3.8) is 0 Å². The van der Waals surface area contributed by atoms with Gasteiger partial charge in [-0.25, -0.2) is 4.68 Å². The fraction of sp³-hybridized carbons (Fsp3) is 0.846. The van der Waals surface area contributed by atoms with Crippen LogP contribution in [0.4, 0.5) is 0 Å². The van der Waals surface area contributed by atoms with Crippen molar-refractivity contribution in [1.29, 1.82) is 0 Å². The molecule has 1 aromatic rings. The molecule has 19 heavy (non-hydrogen) atoms. The molecule has 0 radical (unpaired) electrons. The van der Waals surface area contributed by atoms with E-state index in [2.05, 4.69) is 29.4 Å². The number of hydrogen-bond donors (Lipinski definition) is 1. The molecule has 0 aliphatic rings. The quantitative estimate of drug-likeness (QED) is 0.744. The van der Waals surface area contributed by atoms with Crippen molar-refractivity contribution in [2.75, 3.05) is 0 Å². The monoisotopic (exact) mass is 268 g/mol. The summed E-state index contributed by atoms with van der Waals surface area (Å²) in [6.45, 7) is 6.25. The first kappa shape index (κ1) is 15.6. The van der Waals surface area contributed by atoms with Crippen LogP contribution >= 0.6 is 0 Å². The largest absolute Gasteiger partial charge is 0.481 e. The average Bonchev–Trinajstić information content (AvgIpc) is 2.86. The van der Waals surface area contributed by atoms with E-state index in [-0.39, 0.29) is 12.5 Å². The normalized spacial score (nSPS) is 14.3. The molecule has 1 heterocycles. The first-order chi connectivity index (χ1) is 9.13. The third-order valence-corrected chi connectivity index (χ3v) is 3.51. The predicted molar refractivity (Wildman–Crippen MR) is 72.0 cm³/mol. The van der Waals surface area contributed by atoms with Gasteiger partial charge in [-0.15, -0.1) is 5.10 Å². The van der Waals surface area contributed by atoms with Gasteiger partial charge < -0.3 is 5.11 Å². The van der Waals surface area contributed by atoms with Crippen LogP contribution < -0.4 is 0 Å². The van der Waals surface area contributed by atoms with Gasteiger partial charge in [-0.2, -0.15) is 0 Å². The second kappa shape index (κ2) is 7.86. The van der Waals surface area contributed by atoms with E-state index in [1.54, 1.807) is 4.68 Å². The van der Waals surface area contributed by atoms with Gasteiger partial charge in [0, 0.05) is 5.92 Å². The molecule has 6 heteroatoms. The van der Waals surface area contributed by atoms with Gasteiger partial charge in [0.2, 0.25) is 0 Å². The van der Waals surface area contributed by atoms with E-state index < -0.39 is 5.97 Å². The van der Waals surface area contributed by atoms with E-state index in [4.69, 9.17) is 5.11 Å². The van der Waals surface area contributed by atoms with E-state index in [9.17, 15) is 4.79 Å². The Morgan fingerprint density at radius 1 is 1.32 bits per heavy atom. The smallest absolute Gasteiger partial charge is 0.305 e. The van der Waals surface area contributed by atoms with Crippen molar-refractivity contribution in [2.45, 2.75) is 71.3 Å². The molecule has 0 amide bonds. The molecule has 2 unspecified atom stereocenters. The van der Waals surface area contributed by atoms with Gasteiger partial charge >= 0.3 is 5.97 Å². The van der Waals surface area contributed by atoms with Gasteiger partial charge in [-0.1, -0.05) is 33.6 Å². The molecule has 2 atom stereocenters. The number of unbranched alkanes of at least 4 members (excludes halogenated alkanes) is 1. The molecule has 1 aromatic heterocycles. The number of hydrogen-bond acceptors (Lipinski definition) is 4. The average molecular weight is 268 g/mol. The second-order valence-corrected chi connectivity index (χ2v) is 4.89. The molecule has 0 saturated carbocycles. The Morgan fingerprint density at radius 2 is 2.05 bits per heavy atom. The summed E-state index contributed by atoms with van der Waals surface area (Å²) in [5, 5.41) is 20.8. The zero-order chi connectivity index (χ0) is 14.3. The van der Waals surface area contributed by atoms with Gasteiger partial charge in [0.1, 0.15) is 0 Å². The lowest BCUT2D eigenvalue weighted by atomic mass is 9.98. The standard InChI is InChI=1S/C13H24N4O2/c1-4-7-8-10(5-2)13-14-15-16-17(13)11(6-3)9-12(18)19/h10-11H,4-9H2,1-3H3,(H,18,19). The zero-order valence-corrected chi connectivity index (χ0v) is 12.0. The molecular formula is C13H24N4O2. The fourth-order valence-electron chi connectivity index (χ4n) is 2.30. The maximum atomic E-state index is 10.9. The van der Waals surface area contributed by atoms with Crippen molar-refractivity contribution in [3.8, 4) is 0 Å². The summed E-state index contributed by atoms with van der Waals surface area (Å²) in [4.78, 5) is 10.9. The highest BCUT2D eigenvalue weighted by molar-refractivity contribution is 5.67. The first-order valence-electron chi connectivity index (χ1n) is 7.13. The molecule has 0 aliphatic carbocycles. The highest BCUT2D eigenvalue weighted by atomic mass is 16.4. The zero-order valence-electron chi connectivity index (χ0n) is 12.0. The van der Waals surface area contributed by atoms with Crippen LogP contribution in [-0.2, 0) is 4.79 Å². The van der Waals surface area contributed by atoms with Crippen LogP contribution in [-0.4, -0.2) is 31.3 Å². The van der Waals surface area contributed by atoms with Gasteiger partial charge in [0.15, 0.2) is 5.82 Å². The number of tetrazole rings is 1. The molecule has 6 nitrogen and oxygen atoms in total. The second-order valence-electron chi connectivity index (χ2n) is 4.89. The summed E-state index contributed by atoms with van der Waals surface area (Å²) in [5.41, 5.74) is 0. The van der Waals surface area contributed by atoms with Crippen LogP contribution in [0, 0.1) is 0 Å². The van der Waals surface area contributed by atoms with E-state index in [0.29, 0.717) is 12.3 Å². The Kier molecular flexibility index (Phi) is 6.45. The topological polar surface area (TPSA) is 80.9 Å². The Morgan fingerprint density at radius 3 is 2.58 bits per heavy atom. The number of aliphatic carboxylic acids is 1. The molecule has 0 aliphatic heterocycles. The minimum absolute atomic E-state index is 0.0682. The summed E-state index contributed by atoms with van der Waals surface area (Å²) >= 11 is 0. The molecule has 1 N–H and O–H groups in total. The van der Waals surface area contributed by atoms with Crippen LogP contribution in [0.15, 0.2) is 0 Å². The molecule has 1 rings (SSSR count). The predicted octanol–water partition coefficient (Wildman–Crippen LogP) is 2.78. The molecule has 0 fully saturated rings. The highest BCUT2D eigenvalue weighted by Gasteiger charge is 2.23. The lowest BCUT2D eigenvalue weighted by Crippen LogP contribution is -2.19. The third-order valence-electron chi connectivity index (χ3n) is 3.51. The molecule has 108 valence electrons. The van der Waals surface area contributed by atoms with Gasteiger partial charge in [-0.05, 0) is 29.7 Å². The highest BCUT2D eigenvalue weighted by Crippen LogP contribution is 2.26. The van der Waals surface area contributed by atoms with Crippen molar-refractivity contribution >= 4 is 5.97 Å². The Labute approximate surface area is 114 Å². The summed E-state index contributed by atoms with van der Waals surface area (Å²) in [6, 6.07) is -0.154. The van der Waals surface area contributed by atoms with Crippen LogP contribution in [0.25, 0.3) is 0 Å². The number of nitrogens with zero attached hydrogens (tertiary/aromatic N) is 4. The van der Waals surface area contributed by atoms with Gasteiger partial charge in [-0.3, -0.25) is 4.79 Å². The van der Waals surface area contributed by atoms with E-state index >= 15 is 0 Å². The number of carbonyl (C=O) groups is 1. The maximum absolute atomic E-state index is 10.9. The molecule has 0 saturated heterocycles. The molecular weight excluding hydrogens is 244 g/mol. The van der Waals surface area contributed by atoms with Crippen molar-refractivity contribution in [3.05, 3.63) is 5.82 Å². The van der Waals surface area contributed by atoms with Crippen LogP contribution in [0.2, 0.25) is 0 Å². The lowest BCUT2D eigenvalue weighted by molar-refractivity contribution is -0.138. The number of aromatic nitrogens is 4. The van der Waals surface area contributed by atoms with Crippen molar-refractivity contribution in [2.24, 2.45) is 0 Å². The van der Waals surface area contributed by atoms with E-state index in [1.165, 1.54) is 0 Å². The molecule has 0 aromatic carbocycles. The summed E-state index contributed by atoms with van der Waals surface area (Å²) < 4.78 is 1.72. The third kappa shape index (κ3) is 4.29. The van der Waals surface area contributed by atoms with Crippen molar-refractivity contribution in [1.82, 2.24) is 20.2 Å². The Hall–Kier alpha value is -1.46. The van der Waals surface area contributed by atoms with Crippen molar-refractivity contribution < 1.29 is 9.90 Å². The number of carboxylic acids is 1. The fourth-order valence-corrected chi connectivity index (χ4v) is 2.30. The van der Waals surface area contributed by atoms with E-state index in [1.807, 2.05) is 6.92 Å². The summed E-state index contributed by atoms with van der Waals surface area (Å²) in [5.74, 6) is 0.344. The minimum Gasteiger partial charge on any atom is -0.481 e. The summed E-state index contributed by atoms with van der Waals surface area (Å²) in [6.07, 6.45) is 5.10. The Bertz CT molecular complexity index is 392. The maximum Gasteiger partial charge on any atom is 0.305 e. The lowest BCUT2D eigenvalue weighted by Gasteiger charge is -2.19. The first-order valence-corrected chi connectivity index (χ1v) is 7.13. The van der Waals surface area contributed by atoms with Crippen LogP contribution in [0.3, 0.4) is 0 Å². The minimum atomic E-state index is -0.810. The van der Waals surface area contributed by atoms with Crippen LogP contribution in [0.5, 0.6) is 0 Å². The van der Waals surface area contributed by atoms with Crippen LogP contribution in [0.1, 0.15) is 77.1 Å². The number of carboxylic acid groups (broad SMARTS) is 1. The Balaban J connectivity index is 2.90. The van der Waals surface area contributed by atoms with Gasteiger partial charge in [0.05, 0.1) is 12.5 Å². The number of rotatable bonds is 9. The van der Waals surface area contributed by atoms with Gasteiger partial charge in [0.25, 0.3) is 0 Å². The molecule has 0 bridgehead atoms. The van der Waals surface area contributed by atoms with E-state index in [0.717, 1.165) is 31.5 Å². The summed E-state index contributed by atoms with van der Waals surface area (Å²) in [7, 11) is 0. The molecule has 0 spiro atoms. The SMILES string of the molecule is CCCCC(CC)c1nnnn1C(CC)CC(=O)O.